The van der Waals surface area contributed by atoms with E-state index in [-0.39, 0.29) is 12.0 Å². The maximum atomic E-state index is 12.8. The van der Waals surface area contributed by atoms with E-state index in [1.54, 1.807) is 0 Å². The summed E-state index contributed by atoms with van der Waals surface area (Å²) in [5.74, 6) is -0.507. The molecule has 0 unspecified atom stereocenters. The van der Waals surface area contributed by atoms with Gasteiger partial charge in [-0.05, 0) is 31.9 Å². The van der Waals surface area contributed by atoms with Crippen LogP contribution in [0.5, 0.6) is 0 Å². The van der Waals surface area contributed by atoms with E-state index in [4.69, 9.17) is 4.74 Å². The topological polar surface area (TPSA) is 49.8 Å². The molecule has 1 saturated heterocycles. The van der Waals surface area contributed by atoms with Crippen LogP contribution in [0.15, 0.2) is 30.3 Å². The van der Waals surface area contributed by atoms with Crippen molar-refractivity contribution >= 4 is 5.97 Å². The molecule has 0 bridgehead atoms. The summed E-state index contributed by atoms with van der Waals surface area (Å²) in [7, 11) is 2.02. The first-order valence-corrected chi connectivity index (χ1v) is 8.28. The van der Waals surface area contributed by atoms with Crippen LogP contribution in [-0.2, 0) is 15.1 Å². The van der Waals surface area contributed by atoms with E-state index in [1.807, 2.05) is 37.4 Å². The lowest BCUT2D eigenvalue weighted by atomic mass is 9.80. The maximum absolute atomic E-state index is 12.8. The second-order valence-electron chi connectivity index (χ2n) is 6.69. The van der Waals surface area contributed by atoms with Crippen molar-refractivity contribution in [2.75, 3.05) is 20.1 Å². The third-order valence-corrected chi connectivity index (χ3v) is 5.09. The number of hydrogen-bond donors (Lipinski definition) is 1. The molecule has 1 aromatic carbocycles. The zero-order valence-corrected chi connectivity index (χ0v) is 13.2. The Hall–Kier alpha value is -1.39. The summed E-state index contributed by atoms with van der Waals surface area (Å²) in [4.78, 5) is 15.0. The molecule has 1 aromatic rings. The molecule has 2 aliphatic rings. The van der Waals surface area contributed by atoms with E-state index >= 15 is 0 Å². The number of benzene rings is 1. The number of hydrogen-bond acceptors (Lipinski definition) is 4. The Kier molecular flexibility index (Phi) is 4.50. The van der Waals surface area contributed by atoms with Crippen LogP contribution in [-0.4, -0.2) is 42.2 Å². The molecule has 0 amide bonds. The van der Waals surface area contributed by atoms with E-state index in [2.05, 4.69) is 4.90 Å². The van der Waals surface area contributed by atoms with E-state index in [0.717, 1.165) is 45.2 Å². The highest BCUT2D eigenvalue weighted by Gasteiger charge is 2.48. The molecule has 0 spiro atoms. The highest BCUT2D eigenvalue weighted by Crippen LogP contribution is 2.41. The molecule has 1 heterocycles. The second-order valence-corrected chi connectivity index (χ2v) is 6.69. The zero-order valence-electron chi connectivity index (χ0n) is 13.2. The van der Waals surface area contributed by atoms with Crippen LogP contribution in [0.4, 0.5) is 0 Å². The van der Waals surface area contributed by atoms with Gasteiger partial charge in [-0.1, -0.05) is 43.2 Å². The fourth-order valence-corrected chi connectivity index (χ4v) is 3.79. The van der Waals surface area contributed by atoms with Crippen molar-refractivity contribution in [3.05, 3.63) is 35.9 Å². The standard InChI is InChI=1S/C18H25NO3/c1-19-12-11-16(13-19)22-17(20)18(21,15-9-5-6-10-15)14-7-3-2-4-8-14/h2-4,7-8,15-16,21H,5-6,9-13H2,1H3/t16-,18-/m1/s1. The van der Waals surface area contributed by atoms with Gasteiger partial charge in [0.1, 0.15) is 6.10 Å². The molecular formula is C18H25NO3. The monoisotopic (exact) mass is 303 g/mol. The molecule has 1 N–H and O–H groups in total. The molecule has 1 aliphatic carbocycles. The third kappa shape index (κ3) is 2.90. The number of likely N-dealkylation sites (N-methyl/N-ethyl adjacent to an activating group) is 1. The largest absolute Gasteiger partial charge is 0.459 e. The number of aliphatic hydroxyl groups is 1. The third-order valence-electron chi connectivity index (χ3n) is 5.09. The van der Waals surface area contributed by atoms with Gasteiger partial charge in [0.2, 0.25) is 0 Å². The van der Waals surface area contributed by atoms with Crippen LogP contribution in [0, 0.1) is 5.92 Å². The Morgan fingerprint density at radius 3 is 2.50 bits per heavy atom. The first-order valence-electron chi connectivity index (χ1n) is 8.28. The number of esters is 1. The zero-order chi connectivity index (χ0) is 15.6. The average Bonchev–Trinajstić information content (AvgIpc) is 3.19. The number of ether oxygens (including phenoxy) is 1. The first-order chi connectivity index (χ1) is 10.6. The molecule has 1 saturated carbocycles. The number of nitrogens with zero attached hydrogens (tertiary/aromatic N) is 1. The quantitative estimate of drug-likeness (QED) is 0.867. The van der Waals surface area contributed by atoms with Crippen molar-refractivity contribution in [3.63, 3.8) is 0 Å². The van der Waals surface area contributed by atoms with Gasteiger partial charge in [0.25, 0.3) is 0 Å². The van der Waals surface area contributed by atoms with Crippen LogP contribution in [0.25, 0.3) is 0 Å². The minimum absolute atomic E-state index is 0.0402. The maximum Gasteiger partial charge on any atom is 0.343 e. The number of rotatable bonds is 4. The molecule has 22 heavy (non-hydrogen) atoms. The lowest BCUT2D eigenvalue weighted by Gasteiger charge is -2.33. The van der Waals surface area contributed by atoms with Gasteiger partial charge in [-0.25, -0.2) is 4.79 Å². The van der Waals surface area contributed by atoms with E-state index in [0.29, 0.717) is 5.56 Å². The summed E-state index contributed by atoms with van der Waals surface area (Å²) >= 11 is 0. The van der Waals surface area contributed by atoms with Crippen LogP contribution < -0.4 is 0 Å². The molecule has 1 aliphatic heterocycles. The molecule has 2 fully saturated rings. The molecule has 0 aromatic heterocycles. The smallest absolute Gasteiger partial charge is 0.343 e. The van der Waals surface area contributed by atoms with Gasteiger partial charge >= 0.3 is 5.97 Å². The van der Waals surface area contributed by atoms with Gasteiger partial charge in [0.15, 0.2) is 5.60 Å². The van der Waals surface area contributed by atoms with E-state index in [9.17, 15) is 9.90 Å². The fourth-order valence-electron chi connectivity index (χ4n) is 3.79. The Balaban J connectivity index is 1.83. The van der Waals surface area contributed by atoms with Crippen molar-refractivity contribution in [1.82, 2.24) is 4.90 Å². The normalized spacial score (nSPS) is 26.0. The van der Waals surface area contributed by atoms with Gasteiger partial charge in [0.05, 0.1) is 0 Å². The summed E-state index contributed by atoms with van der Waals surface area (Å²) in [6.07, 6.45) is 4.64. The lowest BCUT2D eigenvalue weighted by molar-refractivity contribution is -0.178. The van der Waals surface area contributed by atoms with Crippen molar-refractivity contribution < 1.29 is 14.6 Å². The summed E-state index contributed by atoms with van der Waals surface area (Å²) in [5, 5.41) is 11.3. The van der Waals surface area contributed by atoms with E-state index in [1.165, 1.54) is 0 Å². The van der Waals surface area contributed by atoms with Crippen LogP contribution in [0.3, 0.4) is 0 Å². The number of carbonyl (C=O) groups is 1. The number of carbonyl (C=O) groups excluding carboxylic acids is 1. The molecule has 0 radical (unpaired) electrons. The SMILES string of the molecule is CN1CC[C@@H](OC(=O)[C@@](O)(c2ccccc2)C2CCCC2)C1. The predicted molar refractivity (Wildman–Crippen MR) is 84.3 cm³/mol. The summed E-state index contributed by atoms with van der Waals surface area (Å²) < 4.78 is 5.68. The molecule has 2 atom stereocenters. The minimum atomic E-state index is -1.50. The highest BCUT2D eigenvalue weighted by atomic mass is 16.6. The Morgan fingerprint density at radius 2 is 1.91 bits per heavy atom. The Bertz CT molecular complexity index is 512. The number of likely N-dealkylation sites (tertiary alicyclic amines) is 1. The van der Waals surface area contributed by atoms with Crippen LogP contribution >= 0.6 is 0 Å². The molecule has 4 heteroatoms. The van der Waals surface area contributed by atoms with Crippen molar-refractivity contribution in [3.8, 4) is 0 Å². The lowest BCUT2D eigenvalue weighted by Crippen LogP contribution is -2.45. The van der Waals surface area contributed by atoms with Crippen molar-refractivity contribution in [2.24, 2.45) is 5.92 Å². The Labute approximate surface area is 132 Å². The molecular weight excluding hydrogens is 278 g/mol. The molecule has 3 rings (SSSR count). The summed E-state index contributed by atoms with van der Waals surface area (Å²) in [6, 6.07) is 9.30. The van der Waals surface area contributed by atoms with Crippen molar-refractivity contribution in [1.29, 1.82) is 0 Å². The van der Waals surface area contributed by atoms with Crippen LogP contribution in [0.1, 0.15) is 37.7 Å². The second kappa shape index (κ2) is 6.39. The van der Waals surface area contributed by atoms with Crippen LogP contribution in [0.2, 0.25) is 0 Å². The van der Waals surface area contributed by atoms with Crippen molar-refractivity contribution in [2.45, 2.75) is 43.8 Å². The average molecular weight is 303 g/mol. The van der Waals surface area contributed by atoms with E-state index < -0.39 is 11.6 Å². The van der Waals surface area contributed by atoms with Gasteiger partial charge in [-0.15, -0.1) is 0 Å². The molecule has 120 valence electrons. The minimum Gasteiger partial charge on any atom is -0.459 e. The molecule has 4 nitrogen and oxygen atoms in total. The fraction of sp³-hybridized carbons (Fsp3) is 0.611. The highest BCUT2D eigenvalue weighted by molar-refractivity contribution is 5.81. The first kappa shape index (κ1) is 15.5. The Morgan fingerprint density at radius 1 is 1.23 bits per heavy atom. The predicted octanol–water partition coefficient (Wildman–Crippen LogP) is 2.31. The van der Waals surface area contributed by atoms with Gasteiger partial charge in [-0.3, -0.25) is 0 Å². The van der Waals surface area contributed by atoms with Gasteiger partial charge in [0, 0.05) is 19.0 Å². The van der Waals surface area contributed by atoms with Gasteiger partial charge < -0.3 is 14.7 Å². The summed E-state index contributed by atoms with van der Waals surface area (Å²) in [5.41, 5.74) is -0.836. The summed E-state index contributed by atoms with van der Waals surface area (Å²) in [6.45, 7) is 1.69. The van der Waals surface area contributed by atoms with Gasteiger partial charge in [-0.2, -0.15) is 0 Å².